The highest BCUT2D eigenvalue weighted by molar-refractivity contribution is 7.92. The van der Waals surface area contributed by atoms with Crippen molar-refractivity contribution in [2.45, 2.75) is 4.90 Å². The number of nitrogens with zero attached hydrogens (tertiary/aromatic N) is 2. The molecule has 0 spiro atoms. The number of aromatic amines is 1. The summed E-state index contributed by atoms with van der Waals surface area (Å²) in [6.45, 7) is -0.911. The van der Waals surface area contributed by atoms with E-state index in [1.165, 1.54) is 18.2 Å². The zero-order valence-corrected chi connectivity index (χ0v) is 15.1. The smallest absolute Gasteiger partial charge is 0.323 e. The van der Waals surface area contributed by atoms with E-state index in [-0.39, 0.29) is 22.9 Å². The molecule has 1 aliphatic rings. The molecule has 11 heteroatoms. The number of aliphatic carboxylic acids is 1. The van der Waals surface area contributed by atoms with Crippen molar-refractivity contribution in [3.8, 4) is 5.75 Å². The van der Waals surface area contributed by atoms with E-state index in [4.69, 9.17) is 9.84 Å². The van der Waals surface area contributed by atoms with Gasteiger partial charge in [0.2, 0.25) is 0 Å². The predicted molar refractivity (Wildman–Crippen MR) is 98.8 cm³/mol. The number of anilines is 2. The van der Waals surface area contributed by atoms with Gasteiger partial charge in [0.15, 0.2) is 6.61 Å². The van der Waals surface area contributed by atoms with Crippen LogP contribution in [0.15, 0.2) is 47.5 Å². The van der Waals surface area contributed by atoms with Crippen molar-refractivity contribution >= 4 is 44.2 Å². The molecule has 28 heavy (non-hydrogen) atoms. The number of para-hydroxylation sites is 1. The lowest BCUT2D eigenvalue weighted by atomic mass is 10.2. The summed E-state index contributed by atoms with van der Waals surface area (Å²) in [5, 5.41) is 16.4. The molecule has 0 atom stereocenters. The van der Waals surface area contributed by atoms with Crippen LogP contribution in [0.1, 0.15) is 0 Å². The highest BCUT2D eigenvalue weighted by atomic mass is 32.2. The Morgan fingerprint density at radius 3 is 2.93 bits per heavy atom. The summed E-state index contributed by atoms with van der Waals surface area (Å²) in [5.74, 6) is -1.56. The van der Waals surface area contributed by atoms with Gasteiger partial charge in [-0.15, -0.1) is 0 Å². The van der Waals surface area contributed by atoms with E-state index >= 15 is 0 Å². The van der Waals surface area contributed by atoms with E-state index in [1.807, 2.05) is 0 Å². The third-order valence-corrected chi connectivity index (χ3v) is 5.56. The predicted octanol–water partition coefficient (Wildman–Crippen LogP) is 1.17. The van der Waals surface area contributed by atoms with Crippen LogP contribution in [0.25, 0.3) is 10.9 Å². The normalized spacial score (nSPS) is 13.9. The number of carboxylic acid groups (broad SMARTS) is 1. The molecule has 0 saturated heterocycles. The number of amides is 1. The number of hydrogen-bond donors (Lipinski definition) is 3. The summed E-state index contributed by atoms with van der Waals surface area (Å²) in [4.78, 5) is 23.9. The first-order valence-electron chi connectivity index (χ1n) is 8.09. The van der Waals surface area contributed by atoms with Crippen LogP contribution >= 0.6 is 0 Å². The van der Waals surface area contributed by atoms with Crippen molar-refractivity contribution in [1.29, 1.82) is 0 Å². The highest BCUT2D eigenvalue weighted by Gasteiger charge is 2.29. The summed E-state index contributed by atoms with van der Waals surface area (Å²) in [5.41, 5.74) is 0.916. The van der Waals surface area contributed by atoms with Crippen LogP contribution < -0.4 is 14.4 Å². The number of carbonyl (C=O) groups excluding carboxylic acids is 1. The number of aromatic nitrogens is 2. The van der Waals surface area contributed by atoms with Crippen molar-refractivity contribution in [3.63, 3.8) is 0 Å². The fourth-order valence-electron chi connectivity index (χ4n) is 2.92. The van der Waals surface area contributed by atoms with Crippen molar-refractivity contribution < 1.29 is 27.9 Å². The first kappa shape index (κ1) is 17.8. The number of carboxylic acids is 1. The first-order chi connectivity index (χ1) is 13.3. The molecule has 3 aromatic rings. The minimum atomic E-state index is -4.02. The second-order valence-corrected chi connectivity index (χ2v) is 7.72. The number of ether oxygens (including phenoxy) is 1. The third-order valence-electron chi connectivity index (χ3n) is 4.20. The number of sulfonamides is 1. The van der Waals surface area contributed by atoms with Gasteiger partial charge in [-0.2, -0.15) is 5.10 Å². The van der Waals surface area contributed by atoms with Crippen LogP contribution in [0.2, 0.25) is 0 Å². The minimum Gasteiger partial charge on any atom is -0.482 e. The topological polar surface area (TPSA) is 142 Å². The van der Waals surface area contributed by atoms with Crippen LogP contribution in [0.3, 0.4) is 0 Å². The van der Waals surface area contributed by atoms with Gasteiger partial charge in [0.1, 0.15) is 12.3 Å². The van der Waals surface area contributed by atoms with Gasteiger partial charge in [-0.25, -0.2) is 8.42 Å². The highest BCUT2D eigenvalue weighted by Crippen LogP contribution is 2.35. The van der Waals surface area contributed by atoms with Gasteiger partial charge in [-0.05, 0) is 24.3 Å². The molecular weight excluding hydrogens is 388 g/mol. The van der Waals surface area contributed by atoms with E-state index < -0.39 is 28.4 Å². The lowest BCUT2D eigenvalue weighted by Crippen LogP contribution is -2.42. The molecule has 3 N–H and O–H groups in total. The lowest BCUT2D eigenvalue weighted by Gasteiger charge is -2.28. The summed E-state index contributed by atoms with van der Waals surface area (Å²) < 4.78 is 33.5. The maximum Gasteiger partial charge on any atom is 0.323 e. The second kappa shape index (κ2) is 6.53. The Morgan fingerprint density at radius 2 is 2.14 bits per heavy atom. The molecule has 144 valence electrons. The van der Waals surface area contributed by atoms with Crippen molar-refractivity contribution in [1.82, 2.24) is 10.2 Å². The van der Waals surface area contributed by atoms with Crippen molar-refractivity contribution in [2.24, 2.45) is 0 Å². The van der Waals surface area contributed by atoms with Gasteiger partial charge in [-0.3, -0.25) is 24.3 Å². The van der Waals surface area contributed by atoms with E-state index in [0.29, 0.717) is 11.2 Å². The second-order valence-electron chi connectivity index (χ2n) is 6.04. The van der Waals surface area contributed by atoms with Crippen molar-refractivity contribution in [3.05, 3.63) is 42.6 Å². The molecule has 0 radical (unpaired) electrons. The molecule has 0 saturated carbocycles. The Hall–Kier alpha value is -3.60. The molecule has 2 heterocycles. The summed E-state index contributed by atoms with van der Waals surface area (Å²) >= 11 is 0. The molecule has 0 fully saturated rings. The molecule has 0 bridgehead atoms. The summed E-state index contributed by atoms with van der Waals surface area (Å²) in [6.07, 6.45) is 1.57. The molecule has 2 aromatic carbocycles. The Bertz CT molecular complexity index is 1200. The van der Waals surface area contributed by atoms with E-state index in [9.17, 15) is 18.0 Å². The number of benzene rings is 2. The van der Waals surface area contributed by atoms with Crippen LogP contribution in [-0.4, -0.2) is 48.7 Å². The number of carbonyl (C=O) groups is 2. The molecule has 1 aliphatic heterocycles. The Kier molecular flexibility index (Phi) is 4.15. The molecule has 1 aromatic heterocycles. The Morgan fingerprint density at radius 1 is 1.32 bits per heavy atom. The molecular formula is C17H14N4O6S. The molecule has 0 unspecified atom stereocenters. The number of fused-ring (bicyclic) bond motifs is 2. The lowest BCUT2D eigenvalue weighted by molar-refractivity contribution is -0.137. The Labute approximate surface area is 158 Å². The first-order valence-corrected chi connectivity index (χ1v) is 9.57. The van der Waals surface area contributed by atoms with Gasteiger partial charge in [0.05, 0.1) is 28.0 Å². The van der Waals surface area contributed by atoms with Gasteiger partial charge in [-0.1, -0.05) is 12.1 Å². The van der Waals surface area contributed by atoms with Crippen LogP contribution in [0, 0.1) is 0 Å². The Balaban J connectivity index is 1.73. The average Bonchev–Trinajstić information content (AvgIpc) is 3.13. The molecule has 10 nitrogen and oxygen atoms in total. The zero-order valence-electron chi connectivity index (χ0n) is 14.2. The molecule has 4 rings (SSSR count). The SMILES string of the molecule is O=C(O)CN1C(=O)COc2ccc(S(=O)(=O)Nc3cccc4cn[nH]c34)cc21. The maximum atomic E-state index is 12.9. The monoisotopic (exact) mass is 402 g/mol. The fraction of sp³-hybridized carbons (Fsp3) is 0.118. The molecule has 0 aliphatic carbocycles. The van der Waals surface area contributed by atoms with E-state index in [0.717, 1.165) is 10.3 Å². The summed E-state index contributed by atoms with van der Waals surface area (Å²) in [7, 11) is -4.02. The van der Waals surface area contributed by atoms with E-state index in [2.05, 4.69) is 14.9 Å². The standard InChI is InChI=1S/C17H14N4O6S/c22-15-9-27-14-5-4-11(6-13(14)21(15)8-16(23)24)28(25,26)20-12-3-1-2-10-7-18-19-17(10)12/h1-7,20H,8-9H2,(H,18,19)(H,23,24). The van der Waals surface area contributed by atoms with Gasteiger partial charge in [0.25, 0.3) is 15.9 Å². The quantitative estimate of drug-likeness (QED) is 0.581. The van der Waals surface area contributed by atoms with E-state index in [1.54, 1.807) is 24.4 Å². The van der Waals surface area contributed by atoms with Crippen LogP contribution in [0.4, 0.5) is 11.4 Å². The van der Waals surface area contributed by atoms with Gasteiger partial charge >= 0.3 is 5.97 Å². The average molecular weight is 402 g/mol. The third kappa shape index (κ3) is 3.11. The number of H-pyrrole nitrogens is 1. The summed E-state index contributed by atoms with van der Waals surface area (Å²) in [6, 6.07) is 8.97. The van der Waals surface area contributed by atoms with Crippen LogP contribution in [-0.2, 0) is 19.6 Å². The number of hydrogen-bond acceptors (Lipinski definition) is 6. The zero-order chi connectivity index (χ0) is 19.9. The molecule has 1 amide bonds. The minimum absolute atomic E-state index is 0.0845. The maximum absolute atomic E-state index is 12.9. The largest absolute Gasteiger partial charge is 0.482 e. The number of nitrogens with one attached hydrogen (secondary N) is 2. The number of rotatable bonds is 5. The van der Waals surface area contributed by atoms with Gasteiger partial charge < -0.3 is 9.84 Å². The van der Waals surface area contributed by atoms with Crippen LogP contribution in [0.5, 0.6) is 5.75 Å². The fourth-order valence-corrected chi connectivity index (χ4v) is 4.01. The van der Waals surface area contributed by atoms with Gasteiger partial charge in [0, 0.05) is 5.39 Å². The van der Waals surface area contributed by atoms with Crippen molar-refractivity contribution in [2.75, 3.05) is 22.8 Å².